The first kappa shape index (κ1) is 39.2. The van der Waals surface area contributed by atoms with Crippen LogP contribution >= 0.6 is 0 Å². The fraction of sp³-hybridized carbons (Fsp3) is 0.385. The summed E-state index contributed by atoms with van der Waals surface area (Å²) in [5.41, 5.74) is 9.90. The van der Waals surface area contributed by atoms with Crippen LogP contribution in [-0.4, -0.2) is 21.2 Å². The van der Waals surface area contributed by atoms with Gasteiger partial charge in [-0.1, -0.05) is 94.8 Å². The number of phenolic OH excluding ortho intramolecular Hbond substituents is 1. The number of phenols is 1. The van der Waals surface area contributed by atoms with E-state index in [1.807, 2.05) is 0 Å². The van der Waals surface area contributed by atoms with Gasteiger partial charge in [0.2, 0.25) is 0 Å². The van der Waals surface area contributed by atoms with Crippen LogP contribution in [0.3, 0.4) is 0 Å². The number of benzene rings is 3. The monoisotopic (exact) mass is 683 g/mol. The second-order valence-corrected chi connectivity index (χ2v) is 13.0. The predicted molar refractivity (Wildman–Crippen MR) is 187 cm³/mol. The summed E-state index contributed by atoms with van der Waals surface area (Å²) in [4.78, 5) is 15.8. The summed E-state index contributed by atoms with van der Waals surface area (Å²) in [6.07, 6.45) is 0. The molecule has 0 aliphatic heterocycles. The summed E-state index contributed by atoms with van der Waals surface area (Å²) < 4.78 is 0. The zero-order chi connectivity index (χ0) is 34.3. The Labute approximate surface area is 291 Å². The summed E-state index contributed by atoms with van der Waals surface area (Å²) in [5, 5.41) is 36.6. The van der Waals surface area contributed by atoms with Gasteiger partial charge in [-0.2, -0.15) is 0 Å². The molecule has 2 unspecified atom stereocenters. The number of hydrogen-bond donors (Lipinski definition) is 4. The van der Waals surface area contributed by atoms with E-state index >= 15 is 0 Å². The summed E-state index contributed by atoms with van der Waals surface area (Å²) in [6, 6.07) is 22.6. The van der Waals surface area contributed by atoms with Crippen LogP contribution in [0.15, 0.2) is 66.7 Å². The molecule has 0 bridgehead atoms. The number of pyridine rings is 1. The van der Waals surface area contributed by atoms with Gasteiger partial charge >= 0.3 is 5.97 Å². The first-order chi connectivity index (χ1) is 21.6. The van der Waals surface area contributed by atoms with Crippen molar-refractivity contribution in [1.29, 1.82) is 0 Å². The molecule has 8 heteroatoms. The minimum atomic E-state index is -1.30. The van der Waals surface area contributed by atoms with Crippen molar-refractivity contribution in [2.75, 3.05) is 10.6 Å². The molecule has 1 radical (unpaired) electrons. The zero-order valence-electron chi connectivity index (χ0n) is 29.2. The van der Waals surface area contributed by atoms with E-state index in [9.17, 15) is 9.90 Å². The number of carboxylic acids is 1. The van der Waals surface area contributed by atoms with Crippen molar-refractivity contribution < 1.29 is 36.9 Å². The number of carbonyl (C=O) groups is 1. The molecule has 0 aliphatic carbocycles. The fourth-order valence-corrected chi connectivity index (χ4v) is 5.44. The topological polar surface area (TPSA) is 118 Å². The van der Waals surface area contributed by atoms with E-state index in [0.717, 1.165) is 11.4 Å². The molecule has 1 heterocycles. The third-order valence-corrected chi connectivity index (χ3v) is 8.09. The largest absolute Gasteiger partial charge is 0.869 e. The summed E-state index contributed by atoms with van der Waals surface area (Å²) in [6.45, 7) is 21.2. The maximum absolute atomic E-state index is 11.3. The van der Waals surface area contributed by atoms with Gasteiger partial charge in [-0.05, 0) is 92.5 Å². The molecule has 7 nitrogen and oxygen atoms in total. The van der Waals surface area contributed by atoms with E-state index in [0.29, 0.717) is 17.4 Å². The van der Waals surface area contributed by atoms with E-state index in [-0.39, 0.29) is 40.3 Å². The smallest absolute Gasteiger partial charge is 0.335 e. The van der Waals surface area contributed by atoms with Crippen LogP contribution in [0.4, 0.5) is 11.4 Å². The SMILES string of the molecule is CC(C)c1ccc(O)c([O-])c1C(=O)O.Cc1ccc(NC(C)c2cccc(C(C)Nc3ccc(C)cc3C(C)C)n2)c(C(C)C)c1.[Co]. The van der Waals surface area contributed by atoms with Crippen molar-refractivity contribution in [3.63, 3.8) is 0 Å². The van der Waals surface area contributed by atoms with Crippen molar-refractivity contribution in [3.05, 3.63) is 111 Å². The number of carboxylic acid groups (broad SMARTS) is 1. The Balaban J connectivity index is 0.000000431. The quantitative estimate of drug-likeness (QED) is 0.132. The number of aromatic hydroxyl groups is 1. The van der Waals surface area contributed by atoms with Crippen molar-refractivity contribution in [2.24, 2.45) is 0 Å². The van der Waals surface area contributed by atoms with Gasteiger partial charge in [0.1, 0.15) is 5.75 Å². The van der Waals surface area contributed by atoms with E-state index in [4.69, 9.17) is 15.2 Å². The molecule has 0 fully saturated rings. The van der Waals surface area contributed by atoms with Crippen LogP contribution in [-0.2, 0) is 16.8 Å². The van der Waals surface area contributed by atoms with E-state index < -0.39 is 17.5 Å². The van der Waals surface area contributed by atoms with Gasteiger partial charge < -0.3 is 26.0 Å². The van der Waals surface area contributed by atoms with E-state index in [1.54, 1.807) is 13.8 Å². The van der Waals surface area contributed by atoms with Crippen LogP contribution in [0, 0.1) is 13.8 Å². The number of rotatable bonds is 10. The van der Waals surface area contributed by atoms with Crippen molar-refractivity contribution in [3.8, 4) is 11.5 Å². The number of aromatic carboxylic acids is 1. The Morgan fingerprint density at radius 1 is 0.681 bits per heavy atom. The third kappa shape index (κ3) is 10.2. The molecule has 0 aliphatic rings. The molecular formula is C39H50CoN3O4-. The van der Waals surface area contributed by atoms with E-state index in [1.165, 1.54) is 45.8 Å². The van der Waals surface area contributed by atoms with Gasteiger partial charge in [0.25, 0.3) is 0 Å². The Morgan fingerprint density at radius 2 is 1.11 bits per heavy atom. The molecule has 4 rings (SSSR count). The fourth-order valence-electron chi connectivity index (χ4n) is 5.44. The first-order valence-electron chi connectivity index (χ1n) is 16.1. The third-order valence-electron chi connectivity index (χ3n) is 8.09. The second kappa shape index (κ2) is 17.2. The summed E-state index contributed by atoms with van der Waals surface area (Å²) in [5.74, 6) is -1.75. The standard InChI is InChI=1S/C29H39N3.C10H12O4.Co/c1-18(2)24-16-20(5)12-14-28(24)30-22(7)26-10-9-11-27(32-26)23(8)31-29-15-13-21(6)17-25(29)19(3)4;1-5(2)6-3-4-7(11)9(12)8(6)10(13)14;/h9-19,22-23,30-31H,1-8H3;3-5,11-12H,1-2H3,(H,13,14);/p-1. The average Bonchev–Trinajstić information content (AvgIpc) is 3.00. The maximum Gasteiger partial charge on any atom is 0.335 e. The van der Waals surface area contributed by atoms with Gasteiger partial charge in [-0.3, -0.25) is 4.98 Å². The minimum Gasteiger partial charge on any atom is -0.869 e. The number of nitrogens with zero attached hydrogens (tertiary/aromatic N) is 1. The molecule has 3 aromatic carbocycles. The van der Waals surface area contributed by atoms with Crippen molar-refractivity contribution in [2.45, 2.75) is 99.1 Å². The molecule has 47 heavy (non-hydrogen) atoms. The Hall–Kier alpha value is -4.01. The molecule has 2 atom stereocenters. The molecule has 0 saturated carbocycles. The number of hydrogen-bond acceptors (Lipinski definition) is 6. The van der Waals surface area contributed by atoms with Gasteiger partial charge in [-0.25, -0.2) is 4.79 Å². The molecule has 255 valence electrons. The average molecular weight is 684 g/mol. The van der Waals surface area contributed by atoms with Crippen molar-refractivity contribution in [1.82, 2.24) is 4.98 Å². The molecule has 0 spiro atoms. The molecule has 1 aromatic heterocycles. The Bertz CT molecular complexity index is 1570. The molecular weight excluding hydrogens is 633 g/mol. The minimum absolute atomic E-state index is 0. The van der Waals surface area contributed by atoms with E-state index in [2.05, 4.69) is 121 Å². The maximum atomic E-state index is 11.3. The first-order valence-corrected chi connectivity index (χ1v) is 16.1. The van der Waals surface area contributed by atoms with Gasteiger partial charge in [0.15, 0.2) is 0 Å². The van der Waals surface area contributed by atoms with Gasteiger partial charge in [0.05, 0.1) is 29.0 Å². The molecule has 4 N–H and O–H groups in total. The van der Waals surface area contributed by atoms with Gasteiger partial charge in [-0.15, -0.1) is 0 Å². The number of aryl methyl sites for hydroxylation is 2. The molecule has 0 saturated heterocycles. The van der Waals surface area contributed by atoms with Crippen LogP contribution in [0.25, 0.3) is 0 Å². The number of anilines is 2. The van der Waals surface area contributed by atoms with Gasteiger partial charge in [0, 0.05) is 28.2 Å². The van der Waals surface area contributed by atoms with Crippen molar-refractivity contribution >= 4 is 17.3 Å². The summed E-state index contributed by atoms with van der Waals surface area (Å²) >= 11 is 0. The number of aromatic nitrogens is 1. The van der Waals surface area contributed by atoms with Crippen LogP contribution in [0.2, 0.25) is 0 Å². The predicted octanol–water partition coefficient (Wildman–Crippen LogP) is 9.58. The zero-order valence-corrected chi connectivity index (χ0v) is 30.3. The summed E-state index contributed by atoms with van der Waals surface area (Å²) in [7, 11) is 0. The Morgan fingerprint density at radius 3 is 1.49 bits per heavy atom. The Kier molecular flexibility index (Phi) is 14.4. The number of nitrogens with one attached hydrogen (secondary N) is 2. The van der Waals surface area contributed by atoms with Crippen LogP contribution < -0.4 is 15.7 Å². The second-order valence-electron chi connectivity index (χ2n) is 13.0. The normalized spacial score (nSPS) is 12.2. The molecule has 0 amide bonds. The van der Waals surface area contributed by atoms with Crippen LogP contribution in [0.1, 0.15) is 135 Å². The molecule has 4 aromatic rings. The van der Waals surface area contributed by atoms with Crippen LogP contribution in [0.5, 0.6) is 11.5 Å².